The number of nitrogens with one attached hydrogen (secondary N) is 1. The molecule has 0 spiro atoms. The molecule has 0 aromatic rings. The summed E-state index contributed by atoms with van der Waals surface area (Å²) < 4.78 is 55.1. The van der Waals surface area contributed by atoms with E-state index in [0.717, 1.165) is 32.1 Å². The van der Waals surface area contributed by atoms with Crippen molar-refractivity contribution in [2.75, 3.05) is 0 Å². The fraction of sp³-hybridized carbons (Fsp3) is 0.900. The van der Waals surface area contributed by atoms with Crippen LogP contribution in [-0.4, -0.2) is 30.2 Å². The molecule has 8 heteroatoms. The van der Waals surface area contributed by atoms with Crippen LogP contribution in [0, 0.1) is 0 Å². The quantitative estimate of drug-likeness (QED) is 0.773. The molecule has 18 heavy (non-hydrogen) atoms. The van der Waals surface area contributed by atoms with Gasteiger partial charge in [0.05, 0.1) is 0 Å². The Labute approximate surface area is 105 Å². The Morgan fingerprint density at radius 2 is 1.56 bits per heavy atom. The Morgan fingerprint density at radius 3 is 2.00 bits per heavy atom. The summed E-state index contributed by atoms with van der Waals surface area (Å²) in [7, 11) is -5.71. The highest BCUT2D eigenvalue weighted by Gasteiger charge is 2.52. The predicted molar refractivity (Wildman–Crippen MR) is 60.7 cm³/mol. The van der Waals surface area contributed by atoms with Crippen molar-refractivity contribution in [3.63, 3.8) is 0 Å². The van der Waals surface area contributed by atoms with Crippen LogP contribution in [0.5, 0.6) is 0 Å². The third-order valence-electron chi connectivity index (χ3n) is 3.03. The summed E-state index contributed by atoms with van der Waals surface area (Å²) in [5.74, 6) is -1.95. The van der Waals surface area contributed by atoms with Gasteiger partial charge < -0.3 is 5.32 Å². The van der Waals surface area contributed by atoms with E-state index in [1.807, 2.05) is 5.32 Å². The monoisotopic (exact) mass is 285 g/mol. The second-order valence-electron chi connectivity index (χ2n) is 4.51. The largest absolute Gasteiger partial charge is 0.446 e. The van der Waals surface area contributed by atoms with Gasteiger partial charge in [0, 0.05) is 6.04 Å². The summed E-state index contributed by atoms with van der Waals surface area (Å²) in [6.45, 7) is 0. The van der Waals surface area contributed by atoms with E-state index in [2.05, 4.69) is 0 Å². The van der Waals surface area contributed by atoms with E-state index in [4.69, 9.17) is 4.55 Å². The van der Waals surface area contributed by atoms with Crippen LogP contribution in [0.3, 0.4) is 0 Å². The van der Waals surface area contributed by atoms with Crippen LogP contribution in [0.2, 0.25) is 0 Å². The number of rotatable bonds is 3. The number of carbonyl (C=O) groups excluding carboxylic acids is 1. The minimum atomic E-state index is -5.71. The maximum Gasteiger partial charge on any atom is 0.446 e. The van der Waals surface area contributed by atoms with Crippen molar-refractivity contribution >= 4 is 16.0 Å². The molecule has 1 saturated carbocycles. The summed E-state index contributed by atoms with van der Waals surface area (Å²) >= 11 is 0. The first-order valence-electron chi connectivity index (χ1n) is 5.91. The highest BCUT2D eigenvalue weighted by atomic mass is 32.2. The van der Waals surface area contributed by atoms with Gasteiger partial charge in [0.25, 0.3) is 0 Å². The molecule has 2 N–H and O–H groups in total. The van der Waals surface area contributed by atoms with Gasteiger partial charge in [-0.15, -0.1) is 0 Å². The number of carbonyl (C=O) groups is 1. The Bertz CT molecular complexity index is 389. The Morgan fingerprint density at radius 1 is 1.11 bits per heavy atom. The maximum absolute atomic E-state index is 13.0. The Hall–Kier alpha value is -0.760. The first kappa shape index (κ1) is 15.3. The Balaban J connectivity index is 2.63. The molecule has 1 rings (SSSR count). The first-order chi connectivity index (χ1) is 8.25. The lowest BCUT2D eigenvalue weighted by atomic mass is 9.97. The lowest BCUT2D eigenvalue weighted by Gasteiger charge is -2.22. The van der Waals surface area contributed by atoms with Crippen LogP contribution < -0.4 is 5.32 Å². The van der Waals surface area contributed by atoms with E-state index < -0.39 is 27.3 Å². The smallest absolute Gasteiger partial charge is 0.347 e. The molecule has 0 aliphatic heterocycles. The zero-order valence-corrected chi connectivity index (χ0v) is 10.7. The number of halogens is 2. The molecule has 5 nitrogen and oxygen atoms in total. The molecular formula is C10H17F2NO4S. The minimum Gasteiger partial charge on any atom is -0.347 e. The fourth-order valence-electron chi connectivity index (χ4n) is 1.99. The number of hydrogen-bond donors (Lipinski definition) is 2. The molecule has 0 heterocycles. The minimum absolute atomic E-state index is 0.453. The van der Waals surface area contributed by atoms with Crippen molar-refractivity contribution in [2.45, 2.75) is 56.2 Å². The van der Waals surface area contributed by atoms with Gasteiger partial charge in [-0.3, -0.25) is 9.35 Å². The van der Waals surface area contributed by atoms with E-state index in [1.54, 1.807) is 0 Å². The third-order valence-corrected chi connectivity index (χ3v) is 3.86. The standard InChI is InChI=1S/C10H17F2NO4S/c11-10(12,18(15,16)17)9(14)13-8-6-4-2-1-3-5-7-8/h8H,1-7H2,(H,13,14)(H,15,16,17). The van der Waals surface area contributed by atoms with Gasteiger partial charge in [-0.2, -0.15) is 17.2 Å². The van der Waals surface area contributed by atoms with Crippen LogP contribution in [0.15, 0.2) is 0 Å². The lowest BCUT2D eigenvalue weighted by Crippen LogP contribution is -2.49. The van der Waals surface area contributed by atoms with E-state index in [-0.39, 0.29) is 0 Å². The Kier molecular flexibility index (Phi) is 5.03. The molecule has 0 atom stereocenters. The zero-order valence-electron chi connectivity index (χ0n) is 9.86. The van der Waals surface area contributed by atoms with Gasteiger partial charge in [0.2, 0.25) is 0 Å². The predicted octanol–water partition coefficient (Wildman–Crippen LogP) is 1.70. The van der Waals surface area contributed by atoms with Crippen molar-refractivity contribution < 1.29 is 26.5 Å². The van der Waals surface area contributed by atoms with Gasteiger partial charge in [0.15, 0.2) is 0 Å². The van der Waals surface area contributed by atoms with Crippen molar-refractivity contribution in [1.82, 2.24) is 5.32 Å². The second kappa shape index (κ2) is 5.92. The highest BCUT2D eigenvalue weighted by molar-refractivity contribution is 7.87. The van der Waals surface area contributed by atoms with Crippen molar-refractivity contribution in [3.05, 3.63) is 0 Å². The van der Waals surface area contributed by atoms with Gasteiger partial charge in [-0.25, -0.2) is 0 Å². The van der Waals surface area contributed by atoms with Crippen LogP contribution >= 0.6 is 0 Å². The molecule has 106 valence electrons. The molecule has 0 aromatic carbocycles. The summed E-state index contributed by atoms with van der Waals surface area (Å²) in [4.78, 5) is 11.2. The summed E-state index contributed by atoms with van der Waals surface area (Å²) in [6, 6.07) is -0.453. The molecule has 0 saturated heterocycles. The summed E-state index contributed by atoms with van der Waals surface area (Å²) in [5, 5.41) is -2.78. The number of amides is 1. The molecule has 0 radical (unpaired) electrons. The SMILES string of the molecule is O=C(NC1CCCCCCC1)C(F)(F)S(=O)(=O)O. The highest BCUT2D eigenvalue weighted by Crippen LogP contribution is 2.23. The first-order valence-corrected chi connectivity index (χ1v) is 7.35. The molecule has 0 aromatic heterocycles. The topological polar surface area (TPSA) is 83.5 Å². The van der Waals surface area contributed by atoms with Crippen molar-refractivity contribution in [2.24, 2.45) is 0 Å². The molecule has 1 aliphatic rings. The summed E-state index contributed by atoms with van der Waals surface area (Å²) in [6.07, 6.45) is 5.75. The molecular weight excluding hydrogens is 268 g/mol. The number of hydrogen-bond acceptors (Lipinski definition) is 3. The maximum atomic E-state index is 13.0. The molecule has 1 aliphatic carbocycles. The van der Waals surface area contributed by atoms with Crippen molar-refractivity contribution in [3.8, 4) is 0 Å². The van der Waals surface area contributed by atoms with Crippen LogP contribution in [0.4, 0.5) is 8.78 Å². The average molecular weight is 285 g/mol. The molecule has 0 unspecified atom stereocenters. The molecule has 1 fully saturated rings. The summed E-state index contributed by atoms with van der Waals surface area (Å²) in [5.41, 5.74) is 0. The lowest BCUT2D eigenvalue weighted by molar-refractivity contribution is -0.137. The second-order valence-corrected chi connectivity index (χ2v) is 5.97. The van der Waals surface area contributed by atoms with Gasteiger partial charge >= 0.3 is 21.3 Å². The third kappa shape index (κ3) is 3.88. The van der Waals surface area contributed by atoms with E-state index in [1.165, 1.54) is 0 Å². The van der Waals surface area contributed by atoms with Crippen LogP contribution in [0.1, 0.15) is 44.9 Å². The van der Waals surface area contributed by atoms with Crippen LogP contribution in [-0.2, 0) is 14.9 Å². The van der Waals surface area contributed by atoms with E-state index in [0.29, 0.717) is 12.8 Å². The van der Waals surface area contributed by atoms with Gasteiger partial charge in [-0.1, -0.05) is 32.1 Å². The van der Waals surface area contributed by atoms with E-state index in [9.17, 15) is 22.0 Å². The molecule has 1 amide bonds. The van der Waals surface area contributed by atoms with Crippen molar-refractivity contribution in [1.29, 1.82) is 0 Å². The average Bonchev–Trinajstić information content (AvgIpc) is 2.19. The van der Waals surface area contributed by atoms with Gasteiger partial charge in [-0.05, 0) is 12.8 Å². The fourth-order valence-corrected chi connectivity index (χ4v) is 2.28. The molecule has 0 bridgehead atoms. The zero-order chi connectivity index (χ0) is 13.8. The van der Waals surface area contributed by atoms with Crippen LogP contribution in [0.25, 0.3) is 0 Å². The van der Waals surface area contributed by atoms with Gasteiger partial charge in [0.1, 0.15) is 0 Å². The normalized spacial score (nSPS) is 19.9. The van der Waals surface area contributed by atoms with E-state index >= 15 is 0 Å². The number of alkyl halides is 2.